The Morgan fingerprint density at radius 1 is 1.31 bits per heavy atom. The lowest BCUT2D eigenvalue weighted by molar-refractivity contribution is -0.152. The summed E-state index contributed by atoms with van der Waals surface area (Å²) < 4.78 is 51.6. The summed E-state index contributed by atoms with van der Waals surface area (Å²) in [5.41, 5.74) is -1.02. The van der Waals surface area contributed by atoms with Gasteiger partial charge in [-0.1, -0.05) is 0 Å². The fourth-order valence-electron chi connectivity index (χ4n) is 2.68. The lowest BCUT2D eigenvalue weighted by Crippen LogP contribution is -2.39. The van der Waals surface area contributed by atoms with Crippen molar-refractivity contribution >= 4 is 17.0 Å². The summed E-state index contributed by atoms with van der Waals surface area (Å²) in [6.07, 6.45) is -3.43. The third kappa shape index (κ3) is 4.11. The van der Waals surface area contributed by atoms with E-state index in [-0.39, 0.29) is 23.5 Å². The average Bonchev–Trinajstić information content (AvgIpc) is 3.10. The molecule has 154 valence electrons. The number of alkyl halides is 3. The molecule has 29 heavy (non-hydrogen) atoms. The molecule has 1 unspecified atom stereocenters. The minimum atomic E-state index is -4.66. The molecule has 0 aliphatic rings. The molecule has 2 atom stereocenters. The SMILES string of the molecule is CCOC(C)[C@H](Oc1ncnc2c1cnn2-c1ncccc1C(F)(F)F)C(=O)O. The van der Waals surface area contributed by atoms with Crippen molar-refractivity contribution in [3.8, 4) is 11.7 Å². The highest BCUT2D eigenvalue weighted by atomic mass is 19.4. The number of pyridine rings is 1. The molecule has 0 spiro atoms. The van der Waals surface area contributed by atoms with E-state index in [2.05, 4.69) is 20.1 Å². The lowest BCUT2D eigenvalue weighted by Gasteiger charge is -2.20. The van der Waals surface area contributed by atoms with E-state index in [1.165, 1.54) is 19.3 Å². The van der Waals surface area contributed by atoms with Gasteiger partial charge in [0.1, 0.15) is 23.4 Å². The van der Waals surface area contributed by atoms with Gasteiger partial charge in [0.2, 0.25) is 12.0 Å². The molecule has 12 heteroatoms. The van der Waals surface area contributed by atoms with E-state index in [0.717, 1.165) is 23.1 Å². The van der Waals surface area contributed by atoms with Gasteiger partial charge in [-0.05, 0) is 26.0 Å². The molecule has 0 radical (unpaired) electrons. The summed E-state index contributed by atoms with van der Waals surface area (Å²) in [6, 6.07) is 2.03. The minimum Gasteiger partial charge on any atom is -0.478 e. The number of ether oxygens (including phenoxy) is 2. The van der Waals surface area contributed by atoms with Crippen LogP contribution in [0.4, 0.5) is 13.2 Å². The second-order valence-electron chi connectivity index (χ2n) is 5.88. The van der Waals surface area contributed by atoms with E-state index in [4.69, 9.17) is 9.47 Å². The van der Waals surface area contributed by atoms with Crippen molar-refractivity contribution in [3.63, 3.8) is 0 Å². The number of rotatable bonds is 7. The summed E-state index contributed by atoms with van der Waals surface area (Å²) in [6.45, 7) is 3.49. The Kier molecular flexibility index (Phi) is 5.64. The molecular formula is C17H16F3N5O4. The quantitative estimate of drug-likeness (QED) is 0.631. The van der Waals surface area contributed by atoms with E-state index in [1.54, 1.807) is 6.92 Å². The molecular weight excluding hydrogens is 395 g/mol. The van der Waals surface area contributed by atoms with Gasteiger partial charge in [-0.25, -0.2) is 19.7 Å². The topological polar surface area (TPSA) is 112 Å². The molecule has 3 rings (SSSR count). The van der Waals surface area contributed by atoms with Gasteiger partial charge in [-0.3, -0.25) is 0 Å². The number of aliphatic carboxylic acids is 1. The van der Waals surface area contributed by atoms with Crippen LogP contribution < -0.4 is 4.74 Å². The smallest absolute Gasteiger partial charge is 0.420 e. The molecule has 0 saturated carbocycles. The Morgan fingerprint density at radius 3 is 2.72 bits per heavy atom. The minimum absolute atomic E-state index is 0.0209. The predicted octanol–water partition coefficient (Wildman–Crippen LogP) is 2.49. The number of carboxylic acids is 1. The van der Waals surface area contributed by atoms with Crippen molar-refractivity contribution in [3.05, 3.63) is 36.4 Å². The second-order valence-corrected chi connectivity index (χ2v) is 5.88. The van der Waals surface area contributed by atoms with Gasteiger partial charge in [0.05, 0.1) is 6.20 Å². The zero-order chi connectivity index (χ0) is 21.2. The van der Waals surface area contributed by atoms with E-state index < -0.39 is 35.7 Å². The maximum Gasteiger partial charge on any atom is 0.420 e. The number of halogens is 3. The molecule has 0 saturated heterocycles. The molecule has 0 bridgehead atoms. The standard InChI is InChI=1S/C17H16F3N5O4/c1-3-28-9(2)12(16(26)27)29-15-10-7-24-25(13(10)22-8-23-15)14-11(17(18,19)20)5-4-6-21-14/h4-9,12H,3H2,1-2H3,(H,26,27)/t9?,12-/m0/s1. The number of fused-ring (bicyclic) bond motifs is 1. The molecule has 9 nitrogen and oxygen atoms in total. The summed E-state index contributed by atoms with van der Waals surface area (Å²) in [5.74, 6) is -1.91. The van der Waals surface area contributed by atoms with E-state index in [0.29, 0.717) is 0 Å². The van der Waals surface area contributed by atoms with Crippen molar-refractivity contribution in [2.45, 2.75) is 32.2 Å². The molecule has 0 amide bonds. The number of carbonyl (C=O) groups is 1. The highest BCUT2D eigenvalue weighted by molar-refractivity contribution is 5.82. The van der Waals surface area contributed by atoms with Crippen molar-refractivity contribution < 1.29 is 32.5 Å². The molecule has 3 aromatic heterocycles. The Hall–Kier alpha value is -3.28. The monoisotopic (exact) mass is 411 g/mol. The second kappa shape index (κ2) is 7.99. The average molecular weight is 411 g/mol. The highest BCUT2D eigenvalue weighted by Gasteiger charge is 2.35. The van der Waals surface area contributed by atoms with Gasteiger partial charge in [0.25, 0.3) is 0 Å². The summed E-state index contributed by atoms with van der Waals surface area (Å²) in [4.78, 5) is 23.2. The van der Waals surface area contributed by atoms with Crippen molar-refractivity contribution in [1.82, 2.24) is 24.7 Å². The van der Waals surface area contributed by atoms with Gasteiger partial charge in [-0.15, -0.1) is 0 Å². The van der Waals surface area contributed by atoms with Crippen molar-refractivity contribution in [2.75, 3.05) is 6.61 Å². The van der Waals surface area contributed by atoms with Crippen molar-refractivity contribution in [2.24, 2.45) is 0 Å². The van der Waals surface area contributed by atoms with Crippen molar-refractivity contribution in [1.29, 1.82) is 0 Å². The van der Waals surface area contributed by atoms with Crippen LogP contribution in [0.25, 0.3) is 16.9 Å². The van der Waals surface area contributed by atoms with E-state index >= 15 is 0 Å². The molecule has 0 fully saturated rings. The van der Waals surface area contributed by atoms with E-state index in [1.807, 2.05) is 0 Å². The largest absolute Gasteiger partial charge is 0.478 e. The molecule has 3 aromatic rings. The van der Waals surface area contributed by atoms with Crippen LogP contribution in [-0.2, 0) is 15.7 Å². The fraction of sp³-hybridized carbons (Fsp3) is 0.353. The Morgan fingerprint density at radius 2 is 2.07 bits per heavy atom. The Labute approximate surface area is 162 Å². The molecule has 3 heterocycles. The third-order valence-corrected chi connectivity index (χ3v) is 3.96. The maximum absolute atomic E-state index is 13.3. The zero-order valence-electron chi connectivity index (χ0n) is 15.3. The number of nitrogens with zero attached hydrogens (tertiary/aromatic N) is 5. The molecule has 1 N–H and O–H groups in total. The lowest BCUT2D eigenvalue weighted by atomic mass is 10.2. The van der Waals surface area contributed by atoms with E-state index in [9.17, 15) is 23.1 Å². The highest BCUT2D eigenvalue weighted by Crippen LogP contribution is 2.34. The predicted molar refractivity (Wildman–Crippen MR) is 92.6 cm³/mol. The van der Waals surface area contributed by atoms with Gasteiger partial charge in [0.15, 0.2) is 11.5 Å². The Bertz CT molecular complexity index is 1020. The summed E-state index contributed by atoms with van der Waals surface area (Å²) >= 11 is 0. The Balaban J connectivity index is 2.06. The first-order chi connectivity index (χ1) is 13.7. The third-order valence-electron chi connectivity index (χ3n) is 3.96. The van der Waals surface area contributed by atoms with Crippen LogP contribution >= 0.6 is 0 Å². The number of aromatic nitrogens is 5. The van der Waals surface area contributed by atoms with Crippen LogP contribution in [0.5, 0.6) is 5.88 Å². The van der Waals surface area contributed by atoms with Crippen LogP contribution in [-0.4, -0.2) is 54.6 Å². The first kappa shape index (κ1) is 20.5. The normalized spacial score (nSPS) is 14.0. The van der Waals surface area contributed by atoms with Crippen LogP contribution in [0.15, 0.2) is 30.9 Å². The maximum atomic E-state index is 13.3. The van der Waals surface area contributed by atoms with Gasteiger partial charge in [-0.2, -0.15) is 23.0 Å². The zero-order valence-corrected chi connectivity index (χ0v) is 15.3. The summed E-state index contributed by atoms with van der Waals surface area (Å²) in [7, 11) is 0. The number of hydrogen-bond donors (Lipinski definition) is 1. The number of carboxylic acid groups (broad SMARTS) is 1. The van der Waals surface area contributed by atoms with Crippen LogP contribution in [0.1, 0.15) is 19.4 Å². The molecule has 0 aliphatic heterocycles. The molecule has 0 aromatic carbocycles. The first-order valence-electron chi connectivity index (χ1n) is 8.46. The first-order valence-corrected chi connectivity index (χ1v) is 8.46. The number of hydrogen-bond acceptors (Lipinski definition) is 7. The fourth-order valence-corrected chi connectivity index (χ4v) is 2.68. The van der Waals surface area contributed by atoms with Crippen LogP contribution in [0.2, 0.25) is 0 Å². The summed E-state index contributed by atoms with van der Waals surface area (Å²) in [5, 5.41) is 13.5. The van der Waals surface area contributed by atoms with Crippen LogP contribution in [0, 0.1) is 0 Å². The molecule has 0 aliphatic carbocycles. The van der Waals surface area contributed by atoms with Gasteiger partial charge < -0.3 is 14.6 Å². The van der Waals surface area contributed by atoms with Gasteiger partial charge >= 0.3 is 12.1 Å². The van der Waals surface area contributed by atoms with Gasteiger partial charge in [0, 0.05) is 12.8 Å². The van der Waals surface area contributed by atoms with Crippen LogP contribution in [0.3, 0.4) is 0 Å².